The molecule has 4 aliphatic heterocycles. The Balaban J connectivity index is 0.702. The van der Waals surface area contributed by atoms with Crippen molar-refractivity contribution < 1.29 is 47.8 Å². The number of Topliss-reactive ketones (excluding diaryl/α,β-unsaturated/α-hetero) is 1. The summed E-state index contributed by atoms with van der Waals surface area (Å²) in [6.45, 7) is 7.04. The summed E-state index contributed by atoms with van der Waals surface area (Å²) in [7, 11) is 3.47. The lowest BCUT2D eigenvalue weighted by Gasteiger charge is -2.33. The maximum Gasteiger partial charge on any atom is 0.247 e. The number of benzene rings is 4. The first-order valence-corrected chi connectivity index (χ1v) is 35.8. The lowest BCUT2D eigenvalue weighted by atomic mass is 9.83. The Morgan fingerprint density at radius 1 is 0.510 bits per heavy atom. The molecule has 8 N–H and O–H groups in total. The van der Waals surface area contributed by atoms with Crippen LogP contribution >= 0.6 is 0 Å². The summed E-state index contributed by atoms with van der Waals surface area (Å²) in [5.74, 6) is -1.82. The molecule has 20 nitrogen and oxygen atoms in total. The van der Waals surface area contributed by atoms with E-state index >= 15 is 0 Å². The first-order chi connectivity index (χ1) is 46.8. The highest BCUT2D eigenvalue weighted by atomic mass is 16.5. The zero-order chi connectivity index (χ0) is 67.8. The largest absolute Gasteiger partial charge is 0.381 e. The van der Waals surface area contributed by atoms with E-state index in [9.17, 15) is 38.4 Å². The SMILES string of the molecule is CC[C@H](NC)C(=O)N[C@@H]1C(=O)N2[C@@H](CC[C@@H]1CNCc1ccccc1)CC[C@H]2C(=O)N[C@H](C(=O)CCCOCC1CCC(COCCNC(=O)[C@@H](NC(=O)[C@@H]2CC[C@@H]3CC[C@H](CCCc4ccccc4)[C@H](NC(=O)[C@H](CC)NC)C(=O)N32)c2ccccc2)CC1)c1ccccc1. The number of ketones is 1. The summed E-state index contributed by atoms with van der Waals surface area (Å²) in [5.41, 5.74) is 3.63. The Morgan fingerprint density at radius 3 is 1.49 bits per heavy atom. The molecule has 1 saturated carbocycles. The third kappa shape index (κ3) is 19.9. The lowest BCUT2D eigenvalue weighted by molar-refractivity contribution is -0.144. The molecule has 4 saturated heterocycles. The number of amides is 7. The van der Waals surface area contributed by atoms with Crippen LogP contribution < -0.4 is 42.5 Å². The highest BCUT2D eigenvalue weighted by molar-refractivity contribution is 5.97. The Morgan fingerprint density at radius 2 is 0.969 bits per heavy atom. The number of aryl methyl sites for hydroxylation is 1. The molecule has 0 bridgehead atoms. The van der Waals surface area contributed by atoms with Gasteiger partial charge in [0.1, 0.15) is 36.3 Å². The molecule has 0 unspecified atom stereocenters. The second kappa shape index (κ2) is 37.4. The normalized spacial score (nSPS) is 24.6. The van der Waals surface area contributed by atoms with E-state index in [0.29, 0.717) is 120 Å². The van der Waals surface area contributed by atoms with Crippen LogP contribution in [0, 0.1) is 23.7 Å². The summed E-state index contributed by atoms with van der Waals surface area (Å²) in [5, 5.41) is 25.0. The van der Waals surface area contributed by atoms with Gasteiger partial charge in [-0.05, 0) is 170 Å². The van der Waals surface area contributed by atoms with E-state index in [2.05, 4.69) is 54.7 Å². The van der Waals surface area contributed by atoms with Crippen LogP contribution in [0.4, 0.5) is 0 Å². The van der Waals surface area contributed by atoms with Crippen LogP contribution in [-0.2, 0) is 60.8 Å². The molecule has 4 aromatic carbocycles. The van der Waals surface area contributed by atoms with Crippen molar-refractivity contribution >= 4 is 47.1 Å². The van der Waals surface area contributed by atoms with E-state index < -0.39 is 54.2 Å². The van der Waals surface area contributed by atoms with E-state index in [4.69, 9.17) is 9.47 Å². The molecule has 5 aliphatic rings. The minimum atomic E-state index is -1.01. The minimum absolute atomic E-state index is 0.0948. The standard InChI is InChI=1S/C76H106N10O10/c1-5-61(77-3)70(88)83-68-57(30-19-25-51-21-11-7-12-22-51)36-38-59-40-43-64(85(59)75(68)93)73(91)82-67(56-28-17-10-18-29-56)74(92)80-44-46-96-50-54-34-32-53(33-35-54)49-95-45-20-31-65(87)66(55-26-15-9-16-27-55)81-72(90)63-42-41-60-39-37-58(48-79-47-52-23-13-8-14-24-52)69(76(94)86(60)63)84-71(89)62(6-2)78-4/h7-18,21-24,26-29,53-54,57-64,66-69,77-79H,5-6,19-20,25,30-50H2,1-4H3,(H,80,92)(H,81,90)(H,82,91)(H,83,88)(H,84,89)/t53?,54?,57-,58+,59-,60-,61-,62-,63-,64-,66-,67-,68-,69-/m0/s1. The molecule has 9 rings (SSSR count). The van der Waals surface area contributed by atoms with E-state index in [-0.39, 0.29) is 78.1 Å². The van der Waals surface area contributed by atoms with Crippen molar-refractivity contribution in [2.45, 2.75) is 203 Å². The summed E-state index contributed by atoms with van der Waals surface area (Å²) in [4.78, 5) is 117. The van der Waals surface area contributed by atoms with E-state index in [1.807, 2.05) is 123 Å². The van der Waals surface area contributed by atoms with E-state index in [1.165, 1.54) is 5.56 Å². The minimum Gasteiger partial charge on any atom is -0.381 e. The van der Waals surface area contributed by atoms with Crippen LogP contribution in [0.3, 0.4) is 0 Å². The monoisotopic (exact) mass is 1320 g/mol. The van der Waals surface area contributed by atoms with Gasteiger partial charge in [0, 0.05) is 63.9 Å². The van der Waals surface area contributed by atoms with Crippen molar-refractivity contribution in [1.29, 1.82) is 0 Å². The Kier molecular flexibility index (Phi) is 28.4. The number of nitrogens with one attached hydrogen (secondary N) is 8. The second-order valence-electron chi connectivity index (χ2n) is 27.2. The summed E-state index contributed by atoms with van der Waals surface area (Å²) in [6, 6.07) is 32.3. The van der Waals surface area contributed by atoms with Crippen molar-refractivity contribution in [2.24, 2.45) is 23.7 Å². The van der Waals surface area contributed by atoms with Gasteiger partial charge in [-0.2, -0.15) is 0 Å². The molecule has 7 amide bonds. The van der Waals surface area contributed by atoms with Crippen molar-refractivity contribution in [3.05, 3.63) is 144 Å². The number of ether oxygens (including phenoxy) is 2. The Hall–Kier alpha value is -7.36. The van der Waals surface area contributed by atoms with Gasteiger partial charge in [0.25, 0.3) is 0 Å². The van der Waals surface area contributed by atoms with Gasteiger partial charge in [-0.15, -0.1) is 0 Å². The van der Waals surface area contributed by atoms with Gasteiger partial charge in [0.2, 0.25) is 41.4 Å². The zero-order valence-electron chi connectivity index (χ0n) is 57.0. The summed E-state index contributed by atoms with van der Waals surface area (Å²) >= 11 is 0. The molecular weight excluding hydrogens is 1210 g/mol. The second-order valence-corrected chi connectivity index (χ2v) is 27.2. The van der Waals surface area contributed by atoms with Crippen LogP contribution in [-0.4, -0.2) is 159 Å². The van der Waals surface area contributed by atoms with Crippen LogP contribution in [0.25, 0.3) is 0 Å². The van der Waals surface area contributed by atoms with Crippen molar-refractivity contribution in [3.8, 4) is 0 Å². The highest BCUT2D eigenvalue weighted by Gasteiger charge is 2.50. The molecule has 520 valence electrons. The van der Waals surface area contributed by atoms with Gasteiger partial charge in [0.05, 0.1) is 18.7 Å². The first kappa shape index (κ1) is 72.9. The maximum atomic E-state index is 14.8. The van der Waals surface area contributed by atoms with Crippen molar-refractivity contribution in [1.82, 2.24) is 52.3 Å². The fourth-order valence-corrected chi connectivity index (χ4v) is 15.4. The quantitative estimate of drug-likeness (QED) is 0.0210. The fraction of sp³-hybridized carbons (Fsp3) is 0.579. The number of hydrogen-bond donors (Lipinski definition) is 8. The predicted octanol–water partition coefficient (Wildman–Crippen LogP) is 7.32. The number of rotatable bonds is 35. The van der Waals surface area contributed by atoms with Gasteiger partial charge in [0.15, 0.2) is 5.78 Å². The Bertz CT molecular complexity index is 2910. The molecule has 4 heterocycles. The number of likely N-dealkylation sites (N-methyl/N-ethyl adjacent to an activating group) is 2. The topological polar surface area (TPSA) is 258 Å². The van der Waals surface area contributed by atoms with Gasteiger partial charge in [-0.25, -0.2) is 0 Å². The van der Waals surface area contributed by atoms with Crippen molar-refractivity contribution in [2.75, 3.05) is 53.6 Å². The molecule has 0 aromatic heterocycles. The number of carbonyl (C=O) groups excluding carboxylic acids is 8. The molecule has 20 heteroatoms. The lowest BCUT2D eigenvalue weighted by Crippen LogP contribution is -2.59. The van der Waals surface area contributed by atoms with Crippen molar-refractivity contribution in [3.63, 3.8) is 0 Å². The third-order valence-electron chi connectivity index (χ3n) is 20.9. The molecule has 1 aliphatic carbocycles. The molecule has 96 heavy (non-hydrogen) atoms. The number of nitrogens with zero attached hydrogens (tertiary/aromatic N) is 2. The zero-order valence-corrected chi connectivity index (χ0v) is 57.0. The maximum absolute atomic E-state index is 14.8. The fourth-order valence-electron chi connectivity index (χ4n) is 15.4. The molecule has 5 fully saturated rings. The first-order valence-electron chi connectivity index (χ1n) is 35.8. The average molecular weight is 1320 g/mol. The van der Waals surface area contributed by atoms with Crippen LogP contribution in [0.1, 0.15) is 164 Å². The average Bonchev–Trinajstić information content (AvgIpc) is 1.64. The summed E-state index contributed by atoms with van der Waals surface area (Å²) in [6.07, 6.45) is 13.2. The number of fused-ring (bicyclic) bond motifs is 2. The van der Waals surface area contributed by atoms with E-state index in [1.54, 1.807) is 23.9 Å². The van der Waals surface area contributed by atoms with Gasteiger partial charge in [-0.1, -0.05) is 135 Å². The van der Waals surface area contributed by atoms with Gasteiger partial charge in [-0.3, -0.25) is 38.4 Å². The Labute approximate surface area is 568 Å². The summed E-state index contributed by atoms with van der Waals surface area (Å²) < 4.78 is 12.3. The van der Waals surface area contributed by atoms with E-state index in [0.717, 1.165) is 63.4 Å². The van der Waals surface area contributed by atoms with Gasteiger partial charge >= 0.3 is 0 Å². The predicted molar refractivity (Wildman–Crippen MR) is 369 cm³/mol. The van der Waals surface area contributed by atoms with Crippen LogP contribution in [0.5, 0.6) is 0 Å². The number of carbonyl (C=O) groups is 8. The molecule has 0 spiro atoms. The smallest absolute Gasteiger partial charge is 0.247 e. The van der Waals surface area contributed by atoms with Crippen LogP contribution in [0.15, 0.2) is 121 Å². The van der Waals surface area contributed by atoms with Gasteiger partial charge < -0.3 is 61.8 Å². The molecule has 12 atom stereocenters. The molecule has 0 radical (unpaired) electrons. The van der Waals surface area contributed by atoms with Crippen LogP contribution in [0.2, 0.25) is 0 Å². The molecular formula is C76H106N10O10. The third-order valence-corrected chi connectivity index (χ3v) is 20.9. The number of hydrogen-bond acceptors (Lipinski definition) is 13. The molecule has 4 aromatic rings. The highest BCUT2D eigenvalue weighted by Crippen LogP contribution is 2.38.